The lowest BCUT2D eigenvalue weighted by Gasteiger charge is -2.34. The van der Waals surface area contributed by atoms with Crippen LogP contribution in [0.2, 0.25) is 0 Å². The van der Waals surface area contributed by atoms with Gasteiger partial charge in [0.25, 0.3) is 11.8 Å². The zero-order valence-electron chi connectivity index (χ0n) is 18.8. The van der Waals surface area contributed by atoms with E-state index in [1.165, 1.54) is 35.2 Å². The molecule has 3 heterocycles. The number of piperidine rings is 1. The van der Waals surface area contributed by atoms with Crippen LogP contribution in [0, 0.1) is 0 Å². The monoisotopic (exact) mass is 502 g/mol. The number of rotatable bonds is 4. The second-order valence-corrected chi connectivity index (χ2v) is 8.79. The normalized spacial score (nSPS) is 22.7. The molecule has 188 valence electrons. The Kier molecular flexibility index (Phi) is 5.70. The number of urea groups is 1. The Labute approximate surface area is 203 Å². The molecular formula is C24H21F3N4O5. The van der Waals surface area contributed by atoms with Crippen LogP contribution in [0.5, 0.6) is 0 Å². The van der Waals surface area contributed by atoms with Crippen LogP contribution >= 0.6 is 0 Å². The van der Waals surface area contributed by atoms with Crippen LogP contribution < -0.4 is 9.80 Å². The molecule has 9 nitrogen and oxygen atoms in total. The Morgan fingerprint density at radius 3 is 2.36 bits per heavy atom. The van der Waals surface area contributed by atoms with E-state index in [0.717, 1.165) is 4.90 Å². The molecule has 12 heteroatoms. The number of amides is 5. The maximum absolute atomic E-state index is 13.9. The van der Waals surface area contributed by atoms with Gasteiger partial charge in [-0.2, -0.15) is 13.2 Å². The third kappa shape index (κ3) is 3.77. The van der Waals surface area contributed by atoms with Gasteiger partial charge >= 0.3 is 12.2 Å². The fourth-order valence-electron chi connectivity index (χ4n) is 4.95. The van der Waals surface area contributed by atoms with Gasteiger partial charge in [-0.25, -0.2) is 4.79 Å². The van der Waals surface area contributed by atoms with Gasteiger partial charge in [0, 0.05) is 29.9 Å². The summed E-state index contributed by atoms with van der Waals surface area (Å²) in [5, 5.41) is 9.36. The van der Waals surface area contributed by atoms with Crippen molar-refractivity contribution >= 4 is 35.1 Å². The van der Waals surface area contributed by atoms with Crippen LogP contribution in [0.4, 0.5) is 29.3 Å². The Morgan fingerprint density at radius 2 is 1.69 bits per heavy atom. The molecule has 2 aromatic rings. The van der Waals surface area contributed by atoms with Crippen LogP contribution in [0.3, 0.4) is 0 Å². The van der Waals surface area contributed by atoms with E-state index < -0.39 is 55.3 Å². The van der Waals surface area contributed by atoms with Crippen molar-refractivity contribution in [3.05, 3.63) is 59.7 Å². The van der Waals surface area contributed by atoms with Crippen LogP contribution in [0.25, 0.3) is 0 Å². The van der Waals surface area contributed by atoms with Crippen molar-refractivity contribution in [1.29, 1.82) is 0 Å². The summed E-state index contributed by atoms with van der Waals surface area (Å²) in [4.78, 5) is 54.4. The van der Waals surface area contributed by atoms with E-state index in [0.29, 0.717) is 15.4 Å². The predicted molar refractivity (Wildman–Crippen MR) is 120 cm³/mol. The molecule has 0 bridgehead atoms. The van der Waals surface area contributed by atoms with Crippen molar-refractivity contribution in [3.8, 4) is 0 Å². The molecule has 1 unspecified atom stereocenters. The molecule has 2 aromatic carbocycles. The number of carbonyl (C=O) groups excluding carboxylic acids is 4. The van der Waals surface area contributed by atoms with E-state index in [4.69, 9.17) is 0 Å². The van der Waals surface area contributed by atoms with Gasteiger partial charge in [-0.15, -0.1) is 0 Å². The summed E-state index contributed by atoms with van der Waals surface area (Å²) < 4.78 is 41.6. The summed E-state index contributed by atoms with van der Waals surface area (Å²) in [6, 6.07) is 8.07. The van der Waals surface area contributed by atoms with E-state index in [9.17, 15) is 37.5 Å². The number of halogens is 3. The number of benzene rings is 2. The molecule has 0 saturated carbocycles. The molecular weight excluding hydrogens is 481 g/mol. The number of likely N-dealkylation sites (tertiary alicyclic amines) is 1. The average molecular weight is 502 g/mol. The SMILES string of the molecule is O=C1CCC(N2Cc3cc(N4C[C@@H](C(F)(F)F)N(c5ccccc5)C4=O)ccc3C2=O)C(=O)N1CO. The van der Waals surface area contributed by atoms with Crippen LogP contribution in [0.15, 0.2) is 48.5 Å². The molecule has 0 aromatic heterocycles. The van der Waals surface area contributed by atoms with Gasteiger partial charge in [-0.3, -0.25) is 29.1 Å². The number of hydrogen-bond donors (Lipinski definition) is 1. The van der Waals surface area contributed by atoms with Gasteiger partial charge in [0.15, 0.2) is 6.04 Å². The maximum Gasteiger partial charge on any atom is 0.411 e. The molecule has 5 amide bonds. The molecule has 0 spiro atoms. The second kappa shape index (κ2) is 8.63. The van der Waals surface area contributed by atoms with Crippen LogP contribution in [-0.4, -0.2) is 70.2 Å². The van der Waals surface area contributed by atoms with Crippen molar-refractivity contribution in [2.75, 3.05) is 23.1 Å². The highest BCUT2D eigenvalue weighted by Gasteiger charge is 2.53. The van der Waals surface area contributed by atoms with E-state index in [2.05, 4.69) is 0 Å². The number of hydrogen-bond acceptors (Lipinski definition) is 5. The number of nitrogens with zero attached hydrogens (tertiary/aromatic N) is 4. The van der Waals surface area contributed by atoms with Gasteiger partial charge < -0.3 is 10.0 Å². The Balaban J connectivity index is 1.43. The summed E-state index contributed by atoms with van der Waals surface area (Å²) in [7, 11) is 0. The quantitative estimate of drug-likeness (QED) is 0.648. The summed E-state index contributed by atoms with van der Waals surface area (Å²) in [5.74, 6) is -1.68. The number of aliphatic hydroxyl groups excluding tert-OH is 1. The van der Waals surface area contributed by atoms with Crippen molar-refractivity contribution in [2.45, 2.75) is 37.6 Å². The molecule has 2 atom stereocenters. The smallest absolute Gasteiger partial charge is 0.376 e. The first-order chi connectivity index (χ1) is 17.1. The van der Waals surface area contributed by atoms with Crippen molar-refractivity contribution in [2.24, 2.45) is 0 Å². The largest absolute Gasteiger partial charge is 0.411 e. The topological polar surface area (TPSA) is 101 Å². The Hall–Kier alpha value is -3.93. The highest BCUT2D eigenvalue weighted by molar-refractivity contribution is 6.08. The van der Waals surface area contributed by atoms with E-state index >= 15 is 0 Å². The lowest BCUT2D eigenvalue weighted by Crippen LogP contribution is -2.54. The van der Waals surface area contributed by atoms with Gasteiger partial charge in [0.1, 0.15) is 12.8 Å². The van der Waals surface area contributed by atoms with Crippen molar-refractivity contribution in [1.82, 2.24) is 9.80 Å². The molecule has 5 rings (SSSR count). The number of alkyl halides is 3. The van der Waals surface area contributed by atoms with Crippen LogP contribution in [0.1, 0.15) is 28.8 Å². The molecule has 1 N–H and O–H groups in total. The van der Waals surface area contributed by atoms with Crippen molar-refractivity contribution in [3.63, 3.8) is 0 Å². The predicted octanol–water partition coefficient (Wildman–Crippen LogP) is 2.49. The molecule has 0 aliphatic carbocycles. The summed E-state index contributed by atoms with van der Waals surface area (Å²) in [6.45, 7) is -1.43. The minimum absolute atomic E-state index is 0.0149. The number of fused-ring (bicyclic) bond motifs is 1. The van der Waals surface area contributed by atoms with Crippen molar-refractivity contribution < 1.29 is 37.5 Å². The van der Waals surface area contributed by atoms with E-state index in [1.807, 2.05) is 0 Å². The first-order valence-corrected chi connectivity index (χ1v) is 11.2. The van der Waals surface area contributed by atoms with Gasteiger partial charge in [0.05, 0.1) is 6.54 Å². The maximum atomic E-state index is 13.9. The van der Waals surface area contributed by atoms with Gasteiger partial charge in [0.2, 0.25) is 5.91 Å². The average Bonchev–Trinajstić information content (AvgIpc) is 3.37. The summed E-state index contributed by atoms with van der Waals surface area (Å²) in [5.41, 5.74) is 1.03. The number of para-hydroxylation sites is 1. The molecule has 3 aliphatic heterocycles. The molecule has 36 heavy (non-hydrogen) atoms. The number of carbonyl (C=O) groups is 4. The molecule has 3 aliphatic rings. The first-order valence-electron chi connectivity index (χ1n) is 11.2. The van der Waals surface area contributed by atoms with Gasteiger partial charge in [-0.1, -0.05) is 18.2 Å². The number of aliphatic hydroxyl groups is 1. The molecule has 2 saturated heterocycles. The molecule has 0 radical (unpaired) electrons. The highest BCUT2D eigenvalue weighted by atomic mass is 19.4. The van der Waals surface area contributed by atoms with E-state index in [1.54, 1.807) is 18.2 Å². The van der Waals surface area contributed by atoms with E-state index in [-0.39, 0.29) is 36.3 Å². The zero-order chi connectivity index (χ0) is 25.8. The fourth-order valence-corrected chi connectivity index (χ4v) is 4.95. The first kappa shape index (κ1) is 23.8. The summed E-state index contributed by atoms with van der Waals surface area (Å²) in [6.07, 6.45) is -4.58. The number of imide groups is 1. The zero-order valence-corrected chi connectivity index (χ0v) is 18.8. The minimum Gasteiger partial charge on any atom is -0.376 e. The van der Waals surface area contributed by atoms with Crippen LogP contribution in [-0.2, 0) is 16.1 Å². The summed E-state index contributed by atoms with van der Waals surface area (Å²) >= 11 is 0. The second-order valence-electron chi connectivity index (χ2n) is 8.79. The molecule has 2 fully saturated rings. The Bertz CT molecular complexity index is 1250. The standard InChI is InChI=1S/C24H21F3N4O5/c25-24(26,27)19-12-28(23(36)31(19)15-4-2-1-3-5-15)16-6-7-17-14(10-16)11-29(21(17)34)18-8-9-20(33)30(13-32)22(18)35/h1-7,10,18-19,32H,8-9,11-13H2/t18?,19-/m0/s1. The highest BCUT2D eigenvalue weighted by Crippen LogP contribution is 2.38. The lowest BCUT2D eigenvalue weighted by atomic mass is 10.0. The lowest BCUT2D eigenvalue weighted by molar-refractivity contribution is -0.156. The third-order valence-electron chi connectivity index (χ3n) is 6.75. The fraction of sp³-hybridized carbons (Fsp3) is 0.333. The third-order valence-corrected chi connectivity index (χ3v) is 6.75. The minimum atomic E-state index is -4.67. The number of anilines is 2. The Morgan fingerprint density at radius 1 is 0.972 bits per heavy atom. The van der Waals surface area contributed by atoms with Gasteiger partial charge in [-0.05, 0) is 42.3 Å².